The molecule has 1 saturated heterocycles. The largest absolute Gasteiger partial charge is 0.303 e. The number of Topliss-reactive ketones (excluding diaryl/α,β-unsaturated/α-hetero) is 1. The summed E-state index contributed by atoms with van der Waals surface area (Å²) in [5.74, 6) is 1.74. The Morgan fingerprint density at radius 2 is 1.86 bits per heavy atom. The quantitative estimate of drug-likeness (QED) is 0.687. The van der Waals surface area contributed by atoms with E-state index in [4.69, 9.17) is 0 Å². The van der Waals surface area contributed by atoms with Crippen LogP contribution in [0.2, 0.25) is 0 Å². The molecule has 0 aromatic heterocycles. The minimum absolute atomic E-state index is 0.368. The first-order chi connectivity index (χ1) is 6.75. The van der Waals surface area contributed by atoms with Crippen LogP contribution in [0.25, 0.3) is 0 Å². The van der Waals surface area contributed by atoms with E-state index < -0.39 is 0 Å². The Labute approximate surface area is 86.7 Å². The molecule has 2 nitrogen and oxygen atoms in total. The van der Waals surface area contributed by atoms with Gasteiger partial charge in [-0.1, -0.05) is 6.42 Å². The Kier molecular flexibility index (Phi) is 3.22. The average Bonchev–Trinajstić information content (AvgIpc) is 2.12. The molecule has 0 atom stereocenters. The van der Waals surface area contributed by atoms with Gasteiger partial charge in [0.2, 0.25) is 0 Å². The molecule has 0 amide bonds. The minimum Gasteiger partial charge on any atom is -0.303 e. The third-order valence-corrected chi connectivity index (χ3v) is 3.90. The molecule has 2 aliphatic rings. The average molecular weight is 195 g/mol. The molecule has 1 aliphatic carbocycles. The Morgan fingerprint density at radius 1 is 1.21 bits per heavy atom. The van der Waals surface area contributed by atoms with E-state index in [0.29, 0.717) is 11.7 Å². The van der Waals surface area contributed by atoms with Gasteiger partial charge in [0.1, 0.15) is 5.78 Å². The Bertz CT molecular complexity index is 202. The Morgan fingerprint density at radius 3 is 2.29 bits per heavy atom. The fourth-order valence-electron chi connectivity index (χ4n) is 2.56. The topological polar surface area (TPSA) is 20.3 Å². The molecule has 2 fully saturated rings. The van der Waals surface area contributed by atoms with Crippen LogP contribution in [-0.4, -0.2) is 30.3 Å². The molecule has 0 unspecified atom stereocenters. The molecule has 14 heavy (non-hydrogen) atoms. The first kappa shape index (κ1) is 10.2. The van der Waals surface area contributed by atoms with Gasteiger partial charge in [0.15, 0.2) is 0 Å². The molecular formula is C12H21NO. The number of hydrogen-bond donors (Lipinski definition) is 0. The predicted molar refractivity (Wildman–Crippen MR) is 57.2 cm³/mol. The first-order valence-electron chi connectivity index (χ1n) is 5.98. The van der Waals surface area contributed by atoms with Crippen molar-refractivity contribution < 1.29 is 4.79 Å². The zero-order valence-corrected chi connectivity index (χ0v) is 9.17. The lowest BCUT2D eigenvalue weighted by molar-refractivity contribution is -0.122. The van der Waals surface area contributed by atoms with Gasteiger partial charge in [-0.05, 0) is 51.6 Å². The van der Waals surface area contributed by atoms with Crippen LogP contribution in [0.15, 0.2) is 0 Å². The number of ketones is 1. The normalized spacial score (nSPS) is 26.1. The molecule has 1 heterocycles. The lowest BCUT2D eigenvalue weighted by atomic mass is 9.84. The summed E-state index contributed by atoms with van der Waals surface area (Å²) in [6.45, 7) is 5.35. The lowest BCUT2D eigenvalue weighted by Gasteiger charge is -2.36. The molecule has 0 spiro atoms. The van der Waals surface area contributed by atoms with E-state index in [0.717, 1.165) is 31.8 Å². The number of hydrogen-bond acceptors (Lipinski definition) is 2. The Hall–Kier alpha value is -0.370. The molecule has 0 aromatic carbocycles. The number of carbonyl (C=O) groups is 1. The second-order valence-electron chi connectivity index (χ2n) is 4.98. The summed E-state index contributed by atoms with van der Waals surface area (Å²) >= 11 is 0. The van der Waals surface area contributed by atoms with E-state index in [-0.39, 0.29) is 0 Å². The third kappa shape index (κ3) is 2.35. The monoisotopic (exact) mass is 195 g/mol. The molecule has 0 aromatic rings. The molecule has 0 radical (unpaired) electrons. The minimum atomic E-state index is 0.368. The van der Waals surface area contributed by atoms with Gasteiger partial charge in [-0.15, -0.1) is 0 Å². The van der Waals surface area contributed by atoms with Crippen LogP contribution < -0.4 is 0 Å². The second-order valence-corrected chi connectivity index (χ2v) is 4.98. The number of nitrogens with zero attached hydrogens (tertiary/aromatic N) is 1. The summed E-state index contributed by atoms with van der Waals surface area (Å²) < 4.78 is 0. The standard InChI is InChI=1S/C12H21NO/c1-10(14)12-5-7-13(8-6-12)9-11-3-2-4-11/h11-12H,2-9H2,1H3. The SMILES string of the molecule is CC(=O)C1CCN(CC2CCC2)CC1. The van der Waals surface area contributed by atoms with Crippen LogP contribution in [0, 0.1) is 11.8 Å². The Balaban J connectivity index is 1.69. The van der Waals surface area contributed by atoms with Crippen LogP contribution in [0.1, 0.15) is 39.0 Å². The van der Waals surface area contributed by atoms with Gasteiger partial charge in [0.05, 0.1) is 0 Å². The van der Waals surface area contributed by atoms with Crippen molar-refractivity contribution in [2.75, 3.05) is 19.6 Å². The van der Waals surface area contributed by atoms with Gasteiger partial charge >= 0.3 is 0 Å². The molecule has 2 rings (SSSR count). The van der Waals surface area contributed by atoms with Gasteiger partial charge in [-0.3, -0.25) is 4.79 Å². The molecule has 2 heteroatoms. The summed E-state index contributed by atoms with van der Waals surface area (Å²) in [4.78, 5) is 13.7. The molecular weight excluding hydrogens is 174 g/mol. The van der Waals surface area contributed by atoms with E-state index in [2.05, 4.69) is 4.90 Å². The number of piperidine rings is 1. The van der Waals surface area contributed by atoms with Gasteiger partial charge in [-0.2, -0.15) is 0 Å². The van der Waals surface area contributed by atoms with E-state index in [1.165, 1.54) is 25.8 Å². The third-order valence-electron chi connectivity index (χ3n) is 3.90. The van der Waals surface area contributed by atoms with Crippen molar-refractivity contribution in [1.82, 2.24) is 4.90 Å². The first-order valence-corrected chi connectivity index (χ1v) is 5.98. The highest BCUT2D eigenvalue weighted by atomic mass is 16.1. The molecule has 1 aliphatic heterocycles. The molecule has 80 valence electrons. The zero-order valence-electron chi connectivity index (χ0n) is 9.17. The highest BCUT2D eigenvalue weighted by molar-refractivity contribution is 5.78. The summed E-state index contributed by atoms with van der Waals surface area (Å²) in [5.41, 5.74) is 0. The van der Waals surface area contributed by atoms with Gasteiger partial charge in [-0.25, -0.2) is 0 Å². The van der Waals surface area contributed by atoms with Crippen molar-refractivity contribution in [3.05, 3.63) is 0 Å². The molecule has 0 bridgehead atoms. The van der Waals surface area contributed by atoms with Crippen LogP contribution in [0.5, 0.6) is 0 Å². The zero-order chi connectivity index (χ0) is 9.97. The van der Waals surface area contributed by atoms with Crippen molar-refractivity contribution in [3.63, 3.8) is 0 Å². The van der Waals surface area contributed by atoms with Gasteiger partial charge in [0.25, 0.3) is 0 Å². The van der Waals surface area contributed by atoms with E-state index >= 15 is 0 Å². The smallest absolute Gasteiger partial charge is 0.133 e. The van der Waals surface area contributed by atoms with Crippen molar-refractivity contribution in [2.45, 2.75) is 39.0 Å². The summed E-state index contributed by atoms with van der Waals surface area (Å²) in [7, 11) is 0. The van der Waals surface area contributed by atoms with Crippen LogP contribution in [-0.2, 0) is 4.79 Å². The molecule has 0 N–H and O–H groups in total. The maximum absolute atomic E-state index is 11.2. The highest BCUT2D eigenvalue weighted by Gasteiger charge is 2.25. The number of carbonyl (C=O) groups excluding carboxylic acids is 1. The summed E-state index contributed by atoms with van der Waals surface area (Å²) in [6, 6.07) is 0. The summed E-state index contributed by atoms with van der Waals surface area (Å²) in [5, 5.41) is 0. The van der Waals surface area contributed by atoms with Gasteiger partial charge < -0.3 is 4.90 Å². The maximum Gasteiger partial charge on any atom is 0.133 e. The summed E-state index contributed by atoms with van der Waals surface area (Å²) in [6.07, 6.45) is 6.51. The van der Waals surface area contributed by atoms with E-state index in [1.807, 2.05) is 0 Å². The maximum atomic E-state index is 11.2. The van der Waals surface area contributed by atoms with Crippen LogP contribution >= 0.6 is 0 Å². The van der Waals surface area contributed by atoms with Crippen molar-refractivity contribution >= 4 is 5.78 Å². The van der Waals surface area contributed by atoms with Gasteiger partial charge in [0, 0.05) is 12.5 Å². The van der Waals surface area contributed by atoms with Crippen molar-refractivity contribution in [1.29, 1.82) is 0 Å². The van der Waals surface area contributed by atoms with Crippen LogP contribution in [0.3, 0.4) is 0 Å². The van der Waals surface area contributed by atoms with Crippen molar-refractivity contribution in [3.8, 4) is 0 Å². The van der Waals surface area contributed by atoms with Crippen LogP contribution in [0.4, 0.5) is 0 Å². The fourth-order valence-corrected chi connectivity index (χ4v) is 2.56. The van der Waals surface area contributed by atoms with Crippen molar-refractivity contribution in [2.24, 2.45) is 11.8 Å². The number of rotatable bonds is 3. The second kappa shape index (κ2) is 4.43. The van der Waals surface area contributed by atoms with E-state index in [1.54, 1.807) is 6.92 Å². The molecule has 1 saturated carbocycles. The predicted octanol–water partition coefficient (Wildman–Crippen LogP) is 2.09. The lowest BCUT2D eigenvalue weighted by Crippen LogP contribution is -2.39. The van der Waals surface area contributed by atoms with E-state index in [9.17, 15) is 4.79 Å². The highest BCUT2D eigenvalue weighted by Crippen LogP contribution is 2.28. The number of likely N-dealkylation sites (tertiary alicyclic amines) is 1. The fraction of sp³-hybridized carbons (Fsp3) is 0.917.